The number of methoxy groups -OCH3 is 1. The van der Waals surface area contributed by atoms with Crippen LogP contribution in [0.4, 0.5) is 11.5 Å². The largest absolute Gasteiger partial charge is 0.465 e. The summed E-state index contributed by atoms with van der Waals surface area (Å²) in [6, 6.07) is 10.3. The highest BCUT2D eigenvalue weighted by atomic mass is 32.2. The molecular weight excluding hydrogens is 348 g/mol. The van der Waals surface area contributed by atoms with Crippen LogP contribution in [-0.2, 0) is 4.74 Å². The summed E-state index contributed by atoms with van der Waals surface area (Å²) in [4.78, 5) is 19.9. The Labute approximate surface area is 156 Å². The first-order chi connectivity index (χ1) is 12.7. The lowest BCUT2D eigenvalue weighted by Gasteiger charge is -2.19. The van der Waals surface area contributed by atoms with Crippen molar-refractivity contribution in [2.75, 3.05) is 36.1 Å². The molecule has 134 valence electrons. The van der Waals surface area contributed by atoms with E-state index in [9.17, 15) is 4.79 Å². The van der Waals surface area contributed by atoms with E-state index in [1.54, 1.807) is 6.20 Å². The van der Waals surface area contributed by atoms with Crippen molar-refractivity contribution in [3.8, 4) is 11.3 Å². The number of esters is 1. The molecule has 0 atom stereocenters. The number of aromatic amines is 1. The van der Waals surface area contributed by atoms with Crippen LogP contribution in [0.5, 0.6) is 0 Å². The molecular formula is C19H20N4O2S. The van der Waals surface area contributed by atoms with Gasteiger partial charge < -0.3 is 19.3 Å². The van der Waals surface area contributed by atoms with Crippen LogP contribution >= 0.6 is 11.9 Å². The minimum Gasteiger partial charge on any atom is -0.465 e. The third-order valence-electron chi connectivity index (χ3n) is 4.53. The molecule has 0 aliphatic carbocycles. The van der Waals surface area contributed by atoms with Crippen molar-refractivity contribution >= 4 is 40.3 Å². The number of para-hydroxylation sites is 1. The van der Waals surface area contributed by atoms with Crippen LogP contribution in [0.25, 0.3) is 22.2 Å². The van der Waals surface area contributed by atoms with E-state index in [0.717, 1.165) is 34.5 Å². The van der Waals surface area contributed by atoms with Gasteiger partial charge >= 0.3 is 5.97 Å². The second-order valence-corrected chi connectivity index (χ2v) is 7.15. The Morgan fingerprint density at radius 3 is 2.96 bits per heavy atom. The van der Waals surface area contributed by atoms with Crippen molar-refractivity contribution in [1.82, 2.24) is 9.97 Å². The molecule has 3 aromatic rings. The molecule has 6 nitrogen and oxygen atoms in total. The second-order valence-electron chi connectivity index (χ2n) is 6.04. The first kappa shape index (κ1) is 16.8. The number of aromatic nitrogens is 2. The number of pyridine rings is 1. The van der Waals surface area contributed by atoms with Crippen molar-refractivity contribution in [3.05, 3.63) is 42.1 Å². The Hall–Kier alpha value is -2.67. The summed E-state index contributed by atoms with van der Waals surface area (Å²) in [5, 5.41) is 3.88. The number of rotatable bonds is 4. The average molecular weight is 368 g/mol. The smallest absolute Gasteiger partial charge is 0.340 e. The third-order valence-corrected chi connectivity index (χ3v) is 5.69. The zero-order valence-corrected chi connectivity index (χ0v) is 15.5. The van der Waals surface area contributed by atoms with Gasteiger partial charge in [0.1, 0.15) is 5.82 Å². The lowest BCUT2D eigenvalue weighted by Crippen LogP contribution is -2.09. The maximum absolute atomic E-state index is 12.1. The maximum atomic E-state index is 12.1. The molecule has 0 radical (unpaired) electrons. The SMILES string of the molecule is CNc1ncc(C(=O)OC)c2cc(-c3ccccc3N3CCCS3)[nH]c12. The monoisotopic (exact) mass is 368 g/mol. The van der Waals surface area contributed by atoms with E-state index >= 15 is 0 Å². The van der Waals surface area contributed by atoms with E-state index in [0.29, 0.717) is 11.4 Å². The molecule has 0 unspecified atom stereocenters. The Kier molecular flexibility index (Phi) is 4.46. The molecule has 1 aliphatic rings. The Morgan fingerprint density at radius 1 is 1.38 bits per heavy atom. The molecule has 0 bridgehead atoms. The molecule has 0 spiro atoms. The highest BCUT2D eigenvalue weighted by Crippen LogP contribution is 2.38. The van der Waals surface area contributed by atoms with Crippen LogP contribution in [0, 0.1) is 0 Å². The summed E-state index contributed by atoms with van der Waals surface area (Å²) in [5.41, 5.74) is 4.50. The summed E-state index contributed by atoms with van der Waals surface area (Å²) in [6.07, 6.45) is 2.74. The zero-order chi connectivity index (χ0) is 18.1. The van der Waals surface area contributed by atoms with E-state index in [-0.39, 0.29) is 5.97 Å². The number of nitrogens with one attached hydrogen (secondary N) is 2. The number of nitrogens with zero attached hydrogens (tertiary/aromatic N) is 2. The molecule has 0 saturated carbocycles. The molecule has 0 amide bonds. The Bertz CT molecular complexity index is 963. The van der Waals surface area contributed by atoms with Gasteiger partial charge in [0.15, 0.2) is 0 Å². The molecule has 1 aromatic carbocycles. The minimum atomic E-state index is -0.390. The number of H-pyrrole nitrogens is 1. The third kappa shape index (κ3) is 2.78. The molecule has 2 aromatic heterocycles. The zero-order valence-electron chi connectivity index (χ0n) is 14.7. The summed E-state index contributed by atoms with van der Waals surface area (Å²) in [7, 11) is 3.20. The molecule has 1 fully saturated rings. The van der Waals surface area contributed by atoms with Crippen LogP contribution in [0.15, 0.2) is 36.5 Å². The summed E-state index contributed by atoms with van der Waals surface area (Å²) in [6.45, 7) is 1.04. The van der Waals surface area contributed by atoms with Crippen molar-refractivity contribution in [2.45, 2.75) is 6.42 Å². The summed E-state index contributed by atoms with van der Waals surface area (Å²) >= 11 is 1.85. The van der Waals surface area contributed by atoms with Crippen molar-refractivity contribution in [3.63, 3.8) is 0 Å². The van der Waals surface area contributed by atoms with Crippen LogP contribution in [-0.4, -0.2) is 42.4 Å². The number of carbonyl (C=O) groups excluding carboxylic acids is 1. The van der Waals surface area contributed by atoms with Crippen LogP contribution in [0.2, 0.25) is 0 Å². The standard InChI is InChI=1S/C19H20N4O2S/c1-20-18-17-13(14(11-21-18)19(24)25-2)10-15(22-17)12-6-3-4-7-16(12)23-8-5-9-26-23/h3-4,6-7,10-11,22H,5,8-9H2,1-2H3,(H,20,21). The van der Waals surface area contributed by atoms with Crippen molar-refractivity contribution in [1.29, 1.82) is 0 Å². The van der Waals surface area contributed by atoms with E-state index in [2.05, 4.69) is 37.8 Å². The average Bonchev–Trinajstić information content (AvgIpc) is 3.36. The quantitative estimate of drug-likeness (QED) is 0.537. The number of benzene rings is 1. The predicted octanol–water partition coefficient (Wildman–Crippen LogP) is 3.92. The van der Waals surface area contributed by atoms with Gasteiger partial charge in [-0.05, 0) is 30.5 Å². The number of anilines is 2. The number of ether oxygens (including phenoxy) is 1. The minimum absolute atomic E-state index is 0.390. The van der Waals surface area contributed by atoms with Crippen molar-refractivity contribution in [2.24, 2.45) is 0 Å². The van der Waals surface area contributed by atoms with Gasteiger partial charge in [-0.1, -0.05) is 18.2 Å². The summed E-state index contributed by atoms with van der Waals surface area (Å²) < 4.78 is 7.25. The van der Waals surface area contributed by atoms with E-state index in [1.165, 1.54) is 19.2 Å². The molecule has 1 aliphatic heterocycles. The van der Waals surface area contributed by atoms with Gasteiger partial charge in [0.05, 0.1) is 23.9 Å². The highest BCUT2D eigenvalue weighted by molar-refractivity contribution is 8.00. The van der Waals surface area contributed by atoms with Crippen molar-refractivity contribution < 1.29 is 9.53 Å². The van der Waals surface area contributed by atoms with Gasteiger partial charge in [0, 0.05) is 42.2 Å². The normalized spacial score (nSPS) is 14.0. The fraction of sp³-hybridized carbons (Fsp3) is 0.263. The Morgan fingerprint density at radius 2 is 2.23 bits per heavy atom. The molecule has 2 N–H and O–H groups in total. The predicted molar refractivity (Wildman–Crippen MR) is 107 cm³/mol. The lowest BCUT2D eigenvalue weighted by molar-refractivity contribution is 0.0602. The first-order valence-corrected chi connectivity index (χ1v) is 9.45. The fourth-order valence-electron chi connectivity index (χ4n) is 3.28. The van der Waals surface area contributed by atoms with Crippen LogP contribution < -0.4 is 9.62 Å². The second kappa shape index (κ2) is 6.92. The van der Waals surface area contributed by atoms with E-state index in [1.807, 2.05) is 31.1 Å². The topological polar surface area (TPSA) is 70.2 Å². The molecule has 1 saturated heterocycles. The fourth-order valence-corrected chi connectivity index (χ4v) is 4.32. The molecule has 3 heterocycles. The number of carbonyl (C=O) groups is 1. The van der Waals surface area contributed by atoms with Gasteiger partial charge in [-0.2, -0.15) is 0 Å². The number of fused-ring (bicyclic) bond motifs is 1. The van der Waals surface area contributed by atoms with Gasteiger partial charge in [-0.3, -0.25) is 0 Å². The van der Waals surface area contributed by atoms with Gasteiger partial charge in [0.2, 0.25) is 0 Å². The van der Waals surface area contributed by atoms with Crippen LogP contribution in [0.1, 0.15) is 16.8 Å². The van der Waals surface area contributed by atoms with E-state index < -0.39 is 0 Å². The molecule has 26 heavy (non-hydrogen) atoms. The van der Waals surface area contributed by atoms with Gasteiger partial charge in [-0.15, -0.1) is 0 Å². The molecule has 4 rings (SSSR count). The summed E-state index contributed by atoms with van der Waals surface area (Å²) in [5.74, 6) is 1.45. The van der Waals surface area contributed by atoms with E-state index in [4.69, 9.17) is 4.74 Å². The maximum Gasteiger partial charge on any atom is 0.340 e. The number of hydrogen-bond acceptors (Lipinski definition) is 6. The van der Waals surface area contributed by atoms with Gasteiger partial charge in [-0.25, -0.2) is 9.78 Å². The lowest BCUT2D eigenvalue weighted by atomic mass is 10.1. The Balaban J connectivity index is 1.90. The van der Waals surface area contributed by atoms with Crippen LogP contribution in [0.3, 0.4) is 0 Å². The molecule has 7 heteroatoms. The highest BCUT2D eigenvalue weighted by Gasteiger charge is 2.21. The number of hydrogen-bond donors (Lipinski definition) is 2. The first-order valence-electron chi connectivity index (χ1n) is 8.50. The van der Waals surface area contributed by atoms with Gasteiger partial charge in [0.25, 0.3) is 0 Å².